The molecule has 1 N–H and O–H groups in total. The van der Waals surface area contributed by atoms with Crippen molar-refractivity contribution in [2.75, 3.05) is 19.7 Å². The van der Waals surface area contributed by atoms with Crippen molar-refractivity contribution < 1.29 is 14.6 Å². The molecule has 1 saturated heterocycles. The summed E-state index contributed by atoms with van der Waals surface area (Å²) in [6, 6.07) is 0. The Labute approximate surface area is 116 Å². The number of aliphatic hydroxyl groups is 1. The molecule has 2 fully saturated rings. The molecule has 1 unspecified atom stereocenters. The molecule has 1 aliphatic heterocycles. The highest BCUT2D eigenvalue weighted by Gasteiger charge is 2.46. The van der Waals surface area contributed by atoms with Gasteiger partial charge in [0.15, 0.2) is 0 Å². The van der Waals surface area contributed by atoms with Crippen molar-refractivity contribution in [2.24, 2.45) is 11.3 Å². The van der Waals surface area contributed by atoms with E-state index in [0.717, 1.165) is 32.4 Å². The lowest BCUT2D eigenvalue weighted by atomic mass is 9.57. The van der Waals surface area contributed by atoms with Crippen LogP contribution in [0.25, 0.3) is 0 Å². The molecule has 0 bridgehead atoms. The number of nitrogens with zero attached hydrogens (tertiary/aromatic N) is 1. The maximum absolute atomic E-state index is 12.0. The van der Waals surface area contributed by atoms with Crippen LogP contribution >= 0.6 is 0 Å². The molecular weight excluding hydrogens is 242 g/mol. The smallest absolute Gasteiger partial charge is 0.410 e. The van der Waals surface area contributed by atoms with E-state index in [1.54, 1.807) is 0 Å². The number of carbonyl (C=O) groups is 1. The van der Waals surface area contributed by atoms with Crippen molar-refractivity contribution in [1.82, 2.24) is 4.90 Å². The van der Waals surface area contributed by atoms with Gasteiger partial charge in [0, 0.05) is 19.7 Å². The van der Waals surface area contributed by atoms with Crippen LogP contribution in [0.3, 0.4) is 0 Å². The molecule has 1 amide bonds. The number of hydrogen-bond donors (Lipinski definition) is 1. The number of carbonyl (C=O) groups excluding carboxylic acids is 1. The first kappa shape index (κ1) is 14.6. The van der Waals surface area contributed by atoms with E-state index in [9.17, 15) is 4.79 Å². The molecule has 1 atom stereocenters. The molecular formula is C15H26NO3. The fourth-order valence-electron chi connectivity index (χ4n) is 3.17. The molecule has 1 radical (unpaired) electrons. The van der Waals surface area contributed by atoms with Crippen molar-refractivity contribution in [3.8, 4) is 0 Å². The monoisotopic (exact) mass is 268 g/mol. The zero-order valence-electron chi connectivity index (χ0n) is 12.3. The van der Waals surface area contributed by atoms with Gasteiger partial charge in [0.1, 0.15) is 5.60 Å². The SMILES string of the molecule is CC(C)(C)OC(=O)N1CCC2([CH]C(CCO)C2)CC1. The number of piperidine rings is 1. The minimum absolute atomic E-state index is 0.186. The predicted molar refractivity (Wildman–Crippen MR) is 73.6 cm³/mol. The van der Waals surface area contributed by atoms with Crippen LogP contribution in [0.5, 0.6) is 0 Å². The second-order valence-corrected chi connectivity index (χ2v) is 6.97. The number of hydrogen-bond acceptors (Lipinski definition) is 3. The molecule has 4 nitrogen and oxygen atoms in total. The van der Waals surface area contributed by atoms with Crippen molar-refractivity contribution in [2.45, 2.75) is 52.1 Å². The molecule has 1 aliphatic carbocycles. The number of likely N-dealkylation sites (tertiary alicyclic amines) is 1. The third-order valence-electron chi connectivity index (χ3n) is 4.17. The van der Waals surface area contributed by atoms with Crippen molar-refractivity contribution in [3.05, 3.63) is 6.42 Å². The van der Waals surface area contributed by atoms with Gasteiger partial charge in [-0.3, -0.25) is 0 Å². The third-order valence-corrected chi connectivity index (χ3v) is 4.17. The van der Waals surface area contributed by atoms with E-state index in [-0.39, 0.29) is 12.7 Å². The lowest BCUT2D eigenvalue weighted by Gasteiger charge is -2.52. The molecule has 1 heterocycles. The maximum Gasteiger partial charge on any atom is 0.410 e. The van der Waals surface area contributed by atoms with Crippen LogP contribution in [0.15, 0.2) is 0 Å². The first-order chi connectivity index (χ1) is 8.84. The summed E-state index contributed by atoms with van der Waals surface area (Å²) >= 11 is 0. The van der Waals surface area contributed by atoms with Gasteiger partial charge in [0.05, 0.1) is 0 Å². The van der Waals surface area contributed by atoms with E-state index < -0.39 is 5.60 Å². The van der Waals surface area contributed by atoms with Crippen LogP contribution in [-0.4, -0.2) is 41.4 Å². The molecule has 0 aromatic heterocycles. The van der Waals surface area contributed by atoms with Gasteiger partial charge < -0.3 is 14.7 Å². The van der Waals surface area contributed by atoms with Gasteiger partial charge in [-0.1, -0.05) is 0 Å². The van der Waals surface area contributed by atoms with E-state index in [1.165, 1.54) is 6.42 Å². The molecule has 0 aromatic rings. The average molecular weight is 268 g/mol. The Bertz CT molecular complexity index is 319. The van der Waals surface area contributed by atoms with Crippen molar-refractivity contribution >= 4 is 6.09 Å². The minimum atomic E-state index is -0.416. The Morgan fingerprint density at radius 2 is 2.00 bits per heavy atom. The van der Waals surface area contributed by atoms with Crippen molar-refractivity contribution in [1.29, 1.82) is 0 Å². The van der Waals surface area contributed by atoms with Crippen molar-refractivity contribution in [3.63, 3.8) is 0 Å². The molecule has 2 aliphatic rings. The van der Waals surface area contributed by atoms with Crippen LogP contribution in [-0.2, 0) is 4.74 Å². The van der Waals surface area contributed by atoms with E-state index in [0.29, 0.717) is 11.3 Å². The summed E-state index contributed by atoms with van der Waals surface area (Å²) in [4.78, 5) is 13.8. The fraction of sp³-hybridized carbons (Fsp3) is 0.867. The lowest BCUT2D eigenvalue weighted by Crippen LogP contribution is -2.50. The first-order valence-electron chi connectivity index (χ1n) is 7.28. The number of ether oxygens (including phenoxy) is 1. The summed E-state index contributed by atoms with van der Waals surface area (Å²) in [5, 5.41) is 8.92. The Morgan fingerprint density at radius 3 is 2.47 bits per heavy atom. The minimum Gasteiger partial charge on any atom is -0.444 e. The number of amides is 1. The van der Waals surface area contributed by atoms with Gasteiger partial charge in [-0.05, 0) is 64.2 Å². The van der Waals surface area contributed by atoms with Crippen LogP contribution < -0.4 is 0 Å². The molecule has 0 aromatic carbocycles. The summed E-state index contributed by atoms with van der Waals surface area (Å²) in [6.45, 7) is 7.55. The van der Waals surface area contributed by atoms with Gasteiger partial charge in [-0.2, -0.15) is 0 Å². The molecule has 4 heteroatoms. The number of rotatable bonds is 2. The van der Waals surface area contributed by atoms with Crippen LogP contribution in [0.4, 0.5) is 4.79 Å². The molecule has 2 rings (SSSR count). The van der Waals surface area contributed by atoms with Gasteiger partial charge in [0.25, 0.3) is 0 Å². The summed E-state index contributed by atoms with van der Waals surface area (Å²) in [5.41, 5.74) is -0.0839. The van der Waals surface area contributed by atoms with Gasteiger partial charge in [-0.15, -0.1) is 0 Å². The first-order valence-corrected chi connectivity index (χ1v) is 7.28. The Kier molecular flexibility index (Phi) is 4.09. The Balaban J connectivity index is 1.76. The van der Waals surface area contributed by atoms with Gasteiger partial charge >= 0.3 is 6.09 Å². The number of aliphatic hydroxyl groups excluding tert-OH is 1. The fourth-order valence-corrected chi connectivity index (χ4v) is 3.17. The summed E-state index contributed by atoms with van der Waals surface area (Å²) in [7, 11) is 0. The summed E-state index contributed by atoms with van der Waals surface area (Å²) in [5.74, 6) is 0.582. The topological polar surface area (TPSA) is 49.8 Å². The zero-order valence-corrected chi connectivity index (χ0v) is 12.3. The van der Waals surface area contributed by atoms with E-state index >= 15 is 0 Å². The molecule has 1 spiro atoms. The van der Waals surface area contributed by atoms with Crippen LogP contribution in [0.2, 0.25) is 0 Å². The largest absolute Gasteiger partial charge is 0.444 e. The third kappa shape index (κ3) is 3.62. The van der Waals surface area contributed by atoms with E-state index in [4.69, 9.17) is 9.84 Å². The molecule has 109 valence electrons. The Morgan fingerprint density at radius 1 is 1.42 bits per heavy atom. The highest BCUT2D eigenvalue weighted by Crippen LogP contribution is 2.52. The van der Waals surface area contributed by atoms with Gasteiger partial charge in [-0.25, -0.2) is 4.79 Å². The second-order valence-electron chi connectivity index (χ2n) is 6.97. The van der Waals surface area contributed by atoms with Crippen LogP contribution in [0.1, 0.15) is 46.5 Å². The predicted octanol–water partition coefficient (Wildman–Crippen LogP) is 2.61. The molecule has 1 saturated carbocycles. The maximum atomic E-state index is 12.0. The normalized spacial score (nSPS) is 23.3. The zero-order chi connectivity index (χ0) is 14.1. The van der Waals surface area contributed by atoms with E-state index in [2.05, 4.69) is 6.42 Å². The molecule has 19 heavy (non-hydrogen) atoms. The quantitative estimate of drug-likeness (QED) is 0.837. The van der Waals surface area contributed by atoms with E-state index in [1.807, 2.05) is 25.7 Å². The van der Waals surface area contributed by atoms with Gasteiger partial charge in [0.2, 0.25) is 0 Å². The summed E-state index contributed by atoms with van der Waals surface area (Å²) < 4.78 is 5.40. The van der Waals surface area contributed by atoms with Crippen LogP contribution in [0, 0.1) is 17.8 Å². The Hall–Kier alpha value is -0.770. The standard InChI is InChI=1S/C15H26NO3/c1-14(2,3)19-13(18)16-7-5-15(6-8-16)10-12(11-15)4-9-17/h10,12,17H,4-9,11H2,1-3H3. The highest BCUT2D eigenvalue weighted by molar-refractivity contribution is 5.68. The summed E-state index contributed by atoms with van der Waals surface area (Å²) in [6.07, 6.45) is 6.35. The second kappa shape index (κ2) is 5.31. The lowest BCUT2D eigenvalue weighted by molar-refractivity contribution is -0.00120. The average Bonchev–Trinajstić information content (AvgIpc) is 2.26. The highest BCUT2D eigenvalue weighted by atomic mass is 16.6.